The number of benzene rings is 14. The molecular weight excluding hydrogens is 1550 g/mol. The molecule has 0 fully saturated rings. The number of nitrogens with zero attached hydrogens (tertiary/aromatic N) is 4. The SMILES string of the molecule is CCN(CC)c1ccc(N=O)cc1.CCN(CC)c1ccc(N=O)cc1.Nc1ccc2ccccc2c1-c1c(N)ccc2ccccc12.O=S(=O)(O)C(F)(F)F.O=S(=O)(O)C(F)(F)F.[CH2-]c1ccc2ccccc2c1-c1c([CH2-])ccc2ccccc12.[CH2-]c1ccc2ccccc2c1-c1c([NH-])ccc2ccccc12.[Cu].[Cu]. The van der Waals surface area contributed by atoms with Crippen molar-refractivity contribution in [1.29, 1.82) is 0 Å². The number of nitroso groups, excluding NO2 is 2. The Bertz CT molecular complexity index is 4970. The number of fused-ring (bicyclic) bond motifs is 6. The molecule has 7 N–H and O–H groups in total. The second-order valence-corrected chi connectivity index (χ2v) is 26.9. The second kappa shape index (κ2) is 39.3. The Labute approximate surface area is 656 Å². The predicted octanol–water partition coefficient (Wildman–Crippen LogP) is 24.0. The molecule has 0 amide bonds. The number of anilines is 4. The summed E-state index contributed by atoms with van der Waals surface area (Å²) in [4.78, 5) is 24.8. The van der Waals surface area contributed by atoms with Crippen LogP contribution < -0.4 is 21.3 Å². The molecule has 14 aromatic rings. The van der Waals surface area contributed by atoms with Crippen molar-refractivity contribution in [3.63, 3.8) is 0 Å². The van der Waals surface area contributed by atoms with Crippen LogP contribution >= 0.6 is 0 Å². The summed E-state index contributed by atoms with van der Waals surface area (Å²) in [6.07, 6.45) is 0. The van der Waals surface area contributed by atoms with Crippen molar-refractivity contribution in [2.45, 2.75) is 38.7 Å². The average molecular weight is 1630 g/mol. The third kappa shape index (κ3) is 21.6. The van der Waals surface area contributed by atoms with E-state index >= 15 is 0 Å². The molecule has 0 saturated heterocycles. The molecule has 14 rings (SSSR count). The zero-order valence-corrected chi connectivity index (χ0v) is 63.3. The van der Waals surface area contributed by atoms with Crippen molar-refractivity contribution < 1.29 is 86.4 Å². The number of nitrogens with one attached hydrogen (secondary N) is 1. The Balaban J connectivity index is 0.000000207. The monoisotopic (exact) mass is 1630 g/mol. The van der Waals surface area contributed by atoms with Crippen LogP contribution in [-0.2, 0) is 54.4 Å². The van der Waals surface area contributed by atoms with Gasteiger partial charge < -0.3 is 27.0 Å². The third-order valence-electron chi connectivity index (χ3n) is 17.4. The summed E-state index contributed by atoms with van der Waals surface area (Å²) in [5, 5.41) is 19.8. The first-order valence-electron chi connectivity index (χ1n) is 33.6. The Hall–Kier alpha value is -11.1. The van der Waals surface area contributed by atoms with Gasteiger partial charge >= 0.3 is 31.3 Å². The van der Waals surface area contributed by atoms with Gasteiger partial charge in [-0.1, -0.05) is 192 Å². The van der Waals surface area contributed by atoms with Gasteiger partial charge in [0.2, 0.25) is 0 Å². The Morgan fingerprint density at radius 1 is 0.345 bits per heavy atom. The second-order valence-electron chi connectivity index (χ2n) is 24.1. The molecule has 110 heavy (non-hydrogen) atoms. The topological polar surface area (TPSA) is 250 Å². The number of rotatable bonds is 11. The molecule has 0 saturated carbocycles. The van der Waals surface area contributed by atoms with Crippen molar-refractivity contribution in [2.75, 3.05) is 47.4 Å². The summed E-state index contributed by atoms with van der Waals surface area (Å²) < 4.78 is 115. The molecule has 25 heteroatoms. The van der Waals surface area contributed by atoms with Crippen LogP contribution in [-0.4, -0.2) is 63.1 Å². The van der Waals surface area contributed by atoms with Gasteiger partial charge in [-0.25, -0.2) is 0 Å². The fourth-order valence-electron chi connectivity index (χ4n) is 12.1. The summed E-state index contributed by atoms with van der Waals surface area (Å²) in [6.45, 7) is 25.1. The molecule has 0 atom stereocenters. The molecule has 15 nitrogen and oxygen atoms in total. The van der Waals surface area contributed by atoms with Crippen LogP contribution in [0.5, 0.6) is 0 Å². The third-order valence-corrected chi connectivity index (χ3v) is 18.6. The fourth-order valence-corrected chi connectivity index (χ4v) is 12.1. The van der Waals surface area contributed by atoms with E-state index in [2.05, 4.69) is 208 Å². The van der Waals surface area contributed by atoms with Gasteiger partial charge in [0.05, 0.1) is 0 Å². The maximum atomic E-state index is 10.7. The van der Waals surface area contributed by atoms with E-state index in [0.29, 0.717) is 17.1 Å². The van der Waals surface area contributed by atoms with Gasteiger partial charge in [0, 0.05) is 94.2 Å². The predicted molar refractivity (Wildman–Crippen MR) is 433 cm³/mol. The van der Waals surface area contributed by atoms with Crippen LogP contribution in [0, 0.1) is 30.6 Å². The Morgan fingerprint density at radius 2 is 0.555 bits per heavy atom. The zero-order chi connectivity index (χ0) is 78.7. The van der Waals surface area contributed by atoms with E-state index in [0.717, 1.165) is 115 Å². The van der Waals surface area contributed by atoms with Gasteiger partial charge in [-0.15, -0.1) is 39.3 Å². The fraction of sp³-hybridized carbons (Fsp3) is 0.118. The van der Waals surface area contributed by atoms with Gasteiger partial charge in [-0.2, -0.15) is 110 Å². The van der Waals surface area contributed by atoms with E-state index < -0.39 is 31.3 Å². The van der Waals surface area contributed by atoms with Crippen LogP contribution in [0.3, 0.4) is 0 Å². The van der Waals surface area contributed by atoms with E-state index in [1.165, 1.54) is 48.8 Å². The maximum absolute atomic E-state index is 10.7. The molecule has 2 radical (unpaired) electrons. The molecule has 580 valence electrons. The molecule has 0 aromatic heterocycles. The molecule has 0 unspecified atom stereocenters. The van der Waals surface area contributed by atoms with Crippen molar-refractivity contribution in [3.05, 3.63) is 320 Å². The van der Waals surface area contributed by atoms with Gasteiger partial charge in [0.1, 0.15) is 11.4 Å². The van der Waals surface area contributed by atoms with Crippen LogP contribution in [0.25, 0.3) is 104 Å². The van der Waals surface area contributed by atoms with Crippen LogP contribution in [0.1, 0.15) is 44.4 Å². The smallest absolute Gasteiger partial charge is 0.522 e. The van der Waals surface area contributed by atoms with Crippen molar-refractivity contribution >= 4 is 125 Å². The summed E-state index contributed by atoms with van der Waals surface area (Å²) in [5.74, 6) is 0. The van der Waals surface area contributed by atoms with E-state index in [1.54, 1.807) is 24.3 Å². The molecule has 14 aromatic carbocycles. The Kier molecular flexibility index (Phi) is 31.4. The van der Waals surface area contributed by atoms with Crippen LogP contribution in [0.2, 0.25) is 0 Å². The van der Waals surface area contributed by atoms with Gasteiger partial charge in [-0.05, 0) is 147 Å². The molecule has 0 bridgehead atoms. The summed E-state index contributed by atoms with van der Waals surface area (Å²) in [7, 11) is -11.7. The maximum Gasteiger partial charge on any atom is 0.522 e. The van der Waals surface area contributed by atoms with E-state index in [-0.39, 0.29) is 34.1 Å². The number of halogens is 6. The number of nitrogens with two attached hydrogens (primary N) is 2. The first-order chi connectivity index (χ1) is 51.4. The summed E-state index contributed by atoms with van der Waals surface area (Å²) in [5.41, 5.74) is 24.8. The van der Waals surface area contributed by atoms with Crippen molar-refractivity contribution in [3.8, 4) is 33.4 Å². The zero-order valence-electron chi connectivity index (χ0n) is 59.8. The van der Waals surface area contributed by atoms with Crippen molar-refractivity contribution in [1.82, 2.24) is 0 Å². The molecule has 0 aliphatic rings. The average Bonchev–Trinajstić information content (AvgIpc) is 0.770. The summed E-state index contributed by atoms with van der Waals surface area (Å²) in [6, 6.07) is 89.1. The first kappa shape index (κ1) is 87.8. The number of hydrogen-bond acceptors (Lipinski definition) is 12. The van der Waals surface area contributed by atoms with Gasteiger partial charge in [-0.3, -0.25) is 9.11 Å². The molecule has 0 aliphatic carbocycles. The minimum atomic E-state index is -5.84. The molecular formula is C85H77Cu2F6N7O8S2-4. The standard InChI is InChI=1S/C22H16.C21H15N.C20H16N2.2C10H14N2O.2CHF3O3S.2Cu/c1-15-11-13-17-7-3-5-9-19(17)21(15)22-16(2)12-14-18-8-4-6-10-20(18)22;1-14-10-11-15-6-2-4-8-17(15)20(14)21-18-9-5-3-7-16(18)12-13-19(21)22;21-17-11-9-13-5-1-3-7-15(13)19(17)20-16-8-4-2-6-14(16)10-12-18(20)22;2*1-3-12(4-2)10-7-5-9(11-13)6-8-10;2*2-1(3,4)8(5,6)7;;/h3-14H,1-2H2;2-13,22H,1H2;1-12H,21-22H2;2*5-8H,3-4H2,1-2H3;2*(H,5,6,7);;/q2*-2;;;;;;;. The quantitative estimate of drug-likeness (QED) is 0.0180. The van der Waals surface area contributed by atoms with Crippen molar-refractivity contribution in [2.24, 2.45) is 10.4 Å². The van der Waals surface area contributed by atoms with Crippen LogP contribution in [0.4, 0.5) is 66.2 Å². The minimum Gasteiger partial charge on any atom is -0.699 e. The number of alkyl halides is 6. The molecule has 0 spiro atoms. The largest absolute Gasteiger partial charge is 0.699 e. The van der Waals surface area contributed by atoms with Gasteiger partial charge in [0.25, 0.3) is 0 Å². The van der Waals surface area contributed by atoms with E-state index in [4.69, 9.17) is 43.1 Å². The Morgan fingerprint density at radius 3 is 0.791 bits per heavy atom. The minimum absolute atomic E-state index is 0. The summed E-state index contributed by atoms with van der Waals surface area (Å²) >= 11 is 0. The van der Waals surface area contributed by atoms with E-state index in [9.17, 15) is 36.2 Å². The molecule has 0 heterocycles. The normalized spacial score (nSPS) is 11.0. The molecule has 0 aliphatic heterocycles. The van der Waals surface area contributed by atoms with Gasteiger partial charge in [0.15, 0.2) is 0 Å². The number of nitrogen functional groups attached to an aromatic ring is 2. The first-order valence-corrected chi connectivity index (χ1v) is 36.5. The number of hydrogen-bond donors (Lipinski definition) is 4. The van der Waals surface area contributed by atoms with Crippen LogP contribution in [0.15, 0.2) is 277 Å². The van der Waals surface area contributed by atoms with E-state index in [1.807, 2.05) is 103 Å².